The second-order valence-corrected chi connectivity index (χ2v) is 10.8. The normalized spacial score (nSPS) is 22.8. The molecule has 0 amide bonds. The van der Waals surface area contributed by atoms with Gasteiger partial charge in [-0.3, -0.25) is 4.90 Å². The number of benzene rings is 1. The van der Waals surface area contributed by atoms with Crippen LogP contribution in [-0.2, 0) is 26.1 Å². The minimum absolute atomic E-state index is 0.0468. The molecule has 11 heteroatoms. The SMILES string of the molecule is Cc1cccc(CN2CC3(C2)OCCC3CCNS(=O)(=O)C2CC2)c1.O=C(O)C(F)(F)F. The van der Waals surface area contributed by atoms with Gasteiger partial charge in [0.2, 0.25) is 10.0 Å². The number of carbonyl (C=O) groups is 1. The third-order valence-corrected chi connectivity index (χ3v) is 8.03. The Morgan fingerprint density at radius 2 is 1.94 bits per heavy atom. The first kappa shape index (κ1) is 24.9. The second kappa shape index (κ2) is 9.66. The lowest BCUT2D eigenvalue weighted by Crippen LogP contribution is -2.64. The maximum Gasteiger partial charge on any atom is 0.490 e. The highest BCUT2D eigenvalue weighted by Gasteiger charge is 2.52. The van der Waals surface area contributed by atoms with Crippen molar-refractivity contribution in [3.05, 3.63) is 35.4 Å². The molecule has 2 aliphatic heterocycles. The van der Waals surface area contributed by atoms with Crippen LogP contribution in [0.2, 0.25) is 0 Å². The van der Waals surface area contributed by atoms with Gasteiger partial charge in [-0.05, 0) is 44.1 Å². The van der Waals surface area contributed by atoms with Gasteiger partial charge in [0.25, 0.3) is 0 Å². The largest absolute Gasteiger partial charge is 0.490 e. The minimum atomic E-state index is -5.08. The Labute approximate surface area is 186 Å². The van der Waals surface area contributed by atoms with E-state index in [1.807, 2.05) is 0 Å². The van der Waals surface area contributed by atoms with Crippen molar-refractivity contribution in [2.24, 2.45) is 5.92 Å². The maximum absolute atomic E-state index is 11.9. The highest BCUT2D eigenvalue weighted by Crippen LogP contribution is 2.42. The van der Waals surface area contributed by atoms with Crippen LogP contribution in [0, 0.1) is 12.8 Å². The quantitative estimate of drug-likeness (QED) is 0.626. The van der Waals surface area contributed by atoms with Crippen LogP contribution in [0.15, 0.2) is 24.3 Å². The number of rotatable bonds is 7. The van der Waals surface area contributed by atoms with E-state index in [1.165, 1.54) is 11.1 Å². The summed E-state index contributed by atoms with van der Waals surface area (Å²) < 4.78 is 64.5. The number of likely N-dealkylation sites (tertiary alicyclic amines) is 1. The Morgan fingerprint density at radius 3 is 2.50 bits per heavy atom. The van der Waals surface area contributed by atoms with Crippen molar-refractivity contribution < 1.29 is 36.2 Å². The first-order valence-corrected chi connectivity index (χ1v) is 12.2. The molecule has 7 nitrogen and oxygen atoms in total. The molecule has 3 aliphatic rings. The summed E-state index contributed by atoms with van der Waals surface area (Å²) in [6, 6.07) is 8.66. The van der Waals surface area contributed by atoms with E-state index >= 15 is 0 Å². The van der Waals surface area contributed by atoms with Crippen molar-refractivity contribution >= 4 is 16.0 Å². The molecule has 4 rings (SSSR count). The Balaban J connectivity index is 0.000000360. The molecule has 2 N–H and O–H groups in total. The molecule has 1 unspecified atom stereocenters. The maximum atomic E-state index is 11.9. The number of aryl methyl sites for hydroxylation is 1. The van der Waals surface area contributed by atoms with Crippen LogP contribution in [0.5, 0.6) is 0 Å². The number of nitrogens with one attached hydrogen (secondary N) is 1. The second-order valence-electron chi connectivity index (χ2n) is 8.76. The number of nitrogens with zero attached hydrogens (tertiary/aromatic N) is 1. The summed E-state index contributed by atoms with van der Waals surface area (Å²) in [7, 11) is -3.06. The first-order valence-electron chi connectivity index (χ1n) is 10.6. The highest BCUT2D eigenvalue weighted by atomic mass is 32.2. The molecule has 0 bridgehead atoms. The van der Waals surface area contributed by atoms with Crippen molar-refractivity contribution in [1.82, 2.24) is 9.62 Å². The zero-order valence-corrected chi connectivity index (χ0v) is 18.7. The molecule has 2 heterocycles. The number of sulfonamides is 1. The summed E-state index contributed by atoms with van der Waals surface area (Å²) in [6.45, 7) is 6.36. The van der Waals surface area contributed by atoms with Gasteiger partial charge in [-0.2, -0.15) is 13.2 Å². The van der Waals surface area contributed by atoms with Crippen LogP contribution < -0.4 is 4.72 Å². The minimum Gasteiger partial charge on any atom is -0.475 e. The van der Waals surface area contributed by atoms with Gasteiger partial charge in [-0.15, -0.1) is 0 Å². The number of carboxylic acid groups (broad SMARTS) is 1. The molecule has 2 saturated heterocycles. The Bertz CT molecular complexity index is 912. The first-order chi connectivity index (χ1) is 14.9. The Kier molecular flexibility index (Phi) is 7.53. The van der Waals surface area contributed by atoms with Crippen LogP contribution in [-0.4, -0.2) is 67.7 Å². The summed E-state index contributed by atoms with van der Waals surface area (Å²) in [5.41, 5.74) is 2.60. The van der Waals surface area contributed by atoms with E-state index in [-0.39, 0.29) is 10.9 Å². The summed E-state index contributed by atoms with van der Waals surface area (Å²) >= 11 is 0. The molecular weight excluding hydrogens is 449 g/mol. The third kappa shape index (κ3) is 6.43. The summed E-state index contributed by atoms with van der Waals surface area (Å²) in [6.07, 6.45) is -1.52. The molecule has 180 valence electrons. The fraction of sp³-hybridized carbons (Fsp3) is 0.667. The van der Waals surface area contributed by atoms with Gasteiger partial charge in [0.1, 0.15) is 0 Å². The van der Waals surface area contributed by atoms with Crippen molar-refractivity contribution in [2.75, 3.05) is 26.2 Å². The number of ether oxygens (including phenoxy) is 1. The van der Waals surface area contributed by atoms with E-state index in [2.05, 4.69) is 40.8 Å². The standard InChI is InChI=1S/C19H28N2O3S.C2HF3O2/c1-15-3-2-4-16(11-15)12-21-13-19(14-21)17(8-10-24-19)7-9-20-25(22,23)18-5-6-18;3-2(4,5)1(6)7/h2-4,11,17-18,20H,5-10,12-14H2,1H3;(H,6,7). The molecule has 1 aromatic rings. The van der Waals surface area contributed by atoms with E-state index in [4.69, 9.17) is 14.6 Å². The van der Waals surface area contributed by atoms with Gasteiger partial charge >= 0.3 is 12.1 Å². The number of alkyl halides is 3. The Morgan fingerprint density at radius 1 is 1.28 bits per heavy atom. The third-order valence-electron chi connectivity index (χ3n) is 6.07. The van der Waals surface area contributed by atoms with E-state index in [1.54, 1.807) is 0 Å². The van der Waals surface area contributed by atoms with Gasteiger partial charge in [-0.1, -0.05) is 29.8 Å². The topological polar surface area (TPSA) is 95.9 Å². The number of aliphatic carboxylic acids is 1. The zero-order valence-electron chi connectivity index (χ0n) is 17.9. The summed E-state index contributed by atoms with van der Waals surface area (Å²) in [5.74, 6) is -2.30. The van der Waals surface area contributed by atoms with E-state index < -0.39 is 22.2 Å². The molecule has 1 aromatic carbocycles. The van der Waals surface area contributed by atoms with Gasteiger partial charge in [-0.25, -0.2) is 17.9 Å². The average Bonchev–Trinajstić information content (AvgIpc) is 3.44. The van der Waals surface area contributed by atoms with E-state index in [0.717, 1.165) is 51.9 Å². The smallest absolute Gasteiger partial charge is 0.475 e. The van der Waals surface area contributed by atoms with Crippen molar-refractivity contribution in [2.45, 2.75) is 56.2 Å². The van der Waals surface area contributed by atoms with Crippen LogP contribution >= 0.6 is 0 Å². The molecule has 1 spiro atoms. The van der Waals surface area contributed by atoms with Gasteiger partial charge in [0, 0.05) is 32.8 Å². The lowest BCUT2D eigenvalue weighted by atomic mass is 9.79. The van der Waals surface area contributed by atoms with Crippen LogP contribution in [0.25, 0.3) is 0 Å². The van der Waals surface area contributed by atoms with Gasteiger partial charge in [0.05, 0.1) is 10.9 Å². The molecule has 1 saturated carbocycles. The number of hydrogen-bond donors (Lipinski definition) is 2. The molecule has 0 aromatic heterocycles. The molecule has 32 heavy (non-hydrogen) atoms. The Hall–Kier alpha value is -1.69. The van der Waals surface area contributed by atoms with Crippen molar-refractivity contribution in [3.8, 4) is 0 Å². The number of halogens is 3. The predicted octanol–water partition coefficient (Wildman–Crippen LogP) is 2.69. The summed E-state index contributed by atoms with van der Waals surface area (Å²) in [4.78, 5) is 11.3. The number of hydrogen-bond acceptors (Lipinski definition) is 5. The van der Waals surface area contributed by atoms with Gasteiger partial charge < -0.3 is 9.84 Å². The lowest BCUT2D eigenvalue weighted by molar-refractivity contribution is -0.192. The van der Waals surface area contributed by atoms with Crippen LogP contribution in [0.1, 0.15) is 36.8 Å². The zero-order chi connectivity index (χ0) is 23.6. The van der Waals surface area contributed by atoms with E-state index in [9.17, 15) is 21.6 Å². The molecule has 1 aliphatic carbocycles. The molecular formula is C21H29F3N2O5S. The monoisotopic (exact) mass is 478 g/mol. The predicted molar refractivity (Wildman–Crippen MR) is 111 cm³/mol. The number of carboxylic acids is 1. The van der Waals surface area contributed by atoms with Crippen molar-refractivity contribution in [3.63, 3.8) is 0 Å². The van der Waals surface area contributed by atoms with Crippen LogP contribution in [0.3, 0.4) is 0 Å². The highest BCUT2D eigenvalue weighted by molar-refractivity contribution is 7.90. The molecule has 0 radical (unpaired) electrons. The lowest BCUT2D eigenvalue weighted by Gasteiger charge is -2.50. The van der Waals surface area contributed by atoms with E-state index in [0.29, 0.717) is 12.5 Å². The molecule has 3 fully saturated rings. The van der Waals surface area contributed by atoms with Gasteiger partial charge in [0.15, 0.2) is 0 Å². The average molecular weight is 479 g/mol. The summed E-state index contributed by atoms with van der Waals surface area (Å²) in [5, 5.41) is 7.00. The fourth-order valence-corrected chi connectivity index (χ4v) is 5.70. The fourth-order valence-electron chi connectivity index (χ4n) is 4.31. The van der Waals surface area contributed by atoms with Crippen molar-refractivity contribution in [1.29, 1.82) is 0 Å². The molecule has 1 atom stereocenters. The van der Waals surface area contributed by atoms with Crippen LogP contribution in [0.4, 0.5) is 13.2 Å².